The van der Waals surface area contributed by atoms with Crippen molar-refractivity contribution in [3.8, 4) is 5.75 Å². The van der Waals surface area contributed by atoms with Crippen molar-refractivity contribution in [1.29, 1.82) is 0 Å². The van der Waals surface area contributed by atoms with E-state index in [2.05, 4.69) is 37.1 Å². The Hall–Kier alpha value is -1.55. The monoisotopic (exact) mass is 318 g/mol. The van der Waals surface area contributed by atoms with E-state index in [0.29, 0.717) is 19.1 Å². The summed E-state index contributed by atoms with van der Waals surface area (Å²) in [5, 5.41) is 3.36. The zero-order valence-corrected chi connectivity index (χ0v) is 14.7. The first-order valence-electron chi connectivity index (χ1n) is 8.82. The molecule has 1 aliphatic heterocycles. The highest BCUT2D eigenvalue weighted by Gasteiger charge is 2.24. The Morgan fingerprint density at radius 3 is 2.74 bits per heavy atom. The Bertz CT molecular complexity index is 510. The van der Waals surface area contributed by atoms with Gasteiger partial charge in [-0.1, -0.05) is 19.1 Å². The number of ether oxygens (including phenoxy) is 1. The first-order chi connectivity index (χ1) is 11.1. The summed E-state index contributed by atoms with van der Waals surface area (Å²) in [6.07, 6.45) is 3.58. The fourth-order valence-electron chi connectivity index (χ4n) is 3.14. The number of hydrogen-bond donors (Lipinski definition) is 1. The first kappa shape index (κ1) is 17.8. The second-order valence-corrected chi connectivity index (χ2v) is 6.36. The van der Waals surface area contributed by atoms with E-state index < -0.39 is 0 Å². The van der Waals surface area contributed by atoms with Crippen LogP contribution < -0.4 is 10.1 Å². The Labute approximate surface area is 140 Å². The number of nitrogens with one attached hydrogen (secondary N) is 1. The Kier molecular flexibility index (Phi) is 6.90. The molecule has 0 saturated carbocycles. The summed E-state index contributed by atoms with van der Waals surface area (Å²) >= 11 is 0. The number of piperidine rings is 1. The molecular weight excluding hydrogens is 288 g/mol. The van der Waals surface area contributed by atoms with Crippen molar-refractivity contribution in [1.82, 2.24) is 10.2 Å². The molecular formula is C19H30N2O2. The summed E-state index contributed by atoms with van der Waals surface area (Å²) in [6.45, 7) is 9.60. The average molecular weight is 318 g/mol. The standard InChI is InChI=1S/C19H30N2O2/c1-4-13-21(17-8-11-20-12-9-17)19(22)10-14-23-18-7-5-6-15(2)16(18)3/h5-7,17,20H,4,8-14H2,1-3H3. The van der Waals surface area contributed by atoms with Crippen LogP contribution in [0.5, 0.6) is 5.75 Å². The van der Waals surface area contributed by atoms with Crippen LogP contribution in [0.2, 0.25) is 0 Å². The van der Waals surface area contributed by atoms with Crippen molar-refractivity contribution in [2.75, 3.05) is 26.2 Å². The highest BCUT2D eigenvalue weighted by Crippen LogP contribution is 2.21. The third-order valence-corrected chi connectivity index (χ3v) is 4.66. The molecule has 1 aromatic carbocycles. The molecule has 128 valence electrons. The SMILES string of the molecule is CCCN(C(=O)CCOc1cccc(C)c1C)C1CCNCC1. The van der Waals surface area contributed by atoms with Crippen molar-refractivity contribution in [3.63, 3.8) is 0 Å². The number of carbonyl (C=O) groups excluding carboxylic acids is 1. The largest absolute Gasteiger partial charge is 0.493 e. The van der Waals surface area contributed by atoms with Gasteiger partial charge >= 0.3 is 0 Å². The number of rotatable bonds is 7. The summed E-state index contributed by atoms with van der Waals surface area (Å²) in [5.41, 5.74) is 2.37. The zero-order valence-electron chi connectivity index (χ0n) is 14.7. The van der Waals surface area contributed by atoms with Gasteiger partial charge in [0.2, 0.25) is 5.91 Å². The second kappa shape index (κ2) is 8.92. The molecule has 0 radical (unpaired) electrons. The predicted octanol–water partition coefficient (Wildman–Crippen LogP) is 3.06. The maximum Gasteiger partial charge on any atom is 0.226 e. The number of aryl methyl sites for hydroxylation is 1. The van der Waals surface area contributed by atoms with Gasteiger partial charge in [-0.15, -0.1) is 0 Å². The summed E-state index contributed by atoms with van der Waals surface area (Å²) in [5.74, 6) is 1.12. The van der Waals surface area contributed by atoms with Gasteiger partial charge in [0.05, 0.1) is 13.0 Å². The fourth-order valence-corrected chi connectivity index (χ4v) is 3.14. The van der Waals surface area contributed by atoms with E-state index in [1.165, 1.54) is 5.56 Å². The molecule has 4 heteroatoms. The van der Waals surface area contributed by atoms with Crippen molar-refractivity contribution in [3.05, 3.63) is 29.3 Å². The molecule has 1 heterocycles. The van der Waals surface area contributed by atoms with Gasteiger partial charge in [-0.05, 0) is 63.4 Å². The third-order valence-electron chi connectivity index (χ3n) is 4.66. The molecule has 0 spiro atoms. The van der Waals surface area contributed by atoms with E-state index in [-0.39, 0.29) is 5.91 Å². The molecule has 1 saturated heterocycles. The molecule has 0 aromatic heterocycles. The van der Waals surface area contributed by atoms with Gasteiger partial charge in [0.25, 0.3) is 0 Å². The molecule has 1 fully saturated rings. The molecule has 1 aliphatic rings. The van der Waals surface area contributed by atoms with Crippen molar-refractivity contribution < 1.29 is 9.53 Å². The van der Waals surface area contributed by atoms with E-state index >= 15 is 0 Å². The fraction of sp³-hybridized carbons (Fsp3) is 0.632. The highest BCUT2D eigenvalue weighted by molar-refractivity contribution is 5.76. The highest BCUT2D eigenvalue weighted by atomic mass is 16.5. The van der Waals surface area contributed by atoms with Crippen LogP contribution in [0.1, 0.15) is 43.7 Å². The van der Waals surface area contributed by atoms with Crippen LogP contribution >= 0.6 is 0 Å². The molecule has 4 nitrogen and oxygen atoms in total. The van der Waals surface area contributed by atoms with Crippen molar-refractivity contribution in [2.24, 2.45) is 0 Å². The lowest BCUT2D eigenvalue weighted by Crippen LogP contribution is -2.46. The zero-order chi connectivity index (χ0) is 16.7. The normalized spacial score (nSPS) is 15.4. The maximum absolute atomic E-state index is 12.6. The minimum Gasteiger partial charge on any atom is -0.493 e. The molecule has 0 aliphatic carbocycles. The van der Waals surface area contributed by atoms with Gasteiger partial charge in [-0.2, -0.15) is 0 Å². The Balaban J connectivity index is 1.87. The number of amides is 1. The molecule has 2 rings (SSSR count). The lowest BCUT2D eigenvalue weighted by molar-refractivity contribution is -0.134. The Morgan fingerprint density at radius 1 is 1.30 bits per heavy atom. The summed E-state index contributed by atoms with van der Waals surface area (Å²) < 4.78 is 5.84. The third kappa shape index (κ3) is 4.96. The van der Waals surface area contributed by atoms with Crippen LogP contribution in [0.4, 0.5) is 0 Å². The number of nitrogens with zero attached hydrogens (tertiary/aromatic N) is 1. The second-order valence-electron chi connectivity index (χ2n) is 6.36. The van der Waals surface area contributed by atoms with Crippen LogP contribution in [-0.4, -0.2) is 43.1 Å². The summed E-state index contributed by atoms with van der Waals surface area (Å²) in [4.78, 5) is 14.7. The first-order valence-corrected chi connectivity index (χ1v) is 8.82. The van der Waals surface area contributed by atoms with E-state index in [1.54, 1.807) is 0 Å². The summed E-state index contributed by atoms with van der Waals surface area (Å²) in [6, 6.07) is 6.44. The van der Waals surface area contributed by atoms with Crippen molar-refractivity contribution in [2.45, 2.75) is 52.5 Å². The van der Waals surface area contributed by atoms with Crippen LogP contribution in [0.25, 0.3) is 0 Å². The van der Waals surface area contributed by atoms with Gasteiger partial charge in [0.15, 0.2) is 0 Å². The lowest BCUT2D eigenvalue weighted by atomic mass is 10.0. The summed E-state index contributed by atoms with van der Waals surface area (Å²) in [7, 11) is 0. The topological polar surface area (TPSA) is 41.6 Å². The molecule has 1 aromatic rings. The van der Waals surface area contributed by atoms with Gasteiger partial charge < -0.3 is 15.0 Å². The maximum atomic E-state index is 12.6. The van der Waals surface area contributed by atoms with Crippen LogP contribution in [0.3, 0.4) is 0 Å². The minimum atomic E-state index is 0.226. The van der Waals surface area contributed by atoms with E-state index in [9.17, 15) is 4.79 Å². The molecule has 23 heavy (non-hydrogen) atoms. The van der Waals surface area contributed by atoms with Crippen LogP contribution in [0.15, 0.2) is 18.2 Å². The molecule has 0 bridgehead atoms. The molecule has 1 N–H and O–H groups in total. The van der Waals surface area contributed by atoms with E-state index in [1.807, 2.05) is 12.1 Å². The lowest BCUT2D eigenvalue weighted by Gasteiger charge is -2.34. The van der Waals surface area contributed by atoms with Crippen LogP contribution in [0, 0.1) is 13.8 Å². The average Bonchev–Trinajstić information content (AvgIpc) is 2.57. The van der Waals surface area contributed by atoms with E-state index in [0.717, 1.165) is 50.2 Å². The molecule has 1 amide bonds. The number of hydrogen-bond acceptors (Lipinski definition) is 3. The van der Waals surface area contributed by atoms with Gasteiger partial charge in [-0.3, -0.25) is 4.79 Å². The quantitative estimate of drug-likeness (QED) is 0.840. The predicted molar refractivity (Wildman–Crippen MR) is 93.9 cm³/mol. The molecule has 0 unspecified atom stereocenters. The number of carbonyl (C=O) groups is 1. The van der Waals surface area contributed by atoms with Gasteiger partial charge in [0.1, 0.15) is 5.75 Å². The van der Waals surface area contributed by atoms with Crippen molar-refractivity contribution >= 4 is 5.91 Å². The van der Waals surface area contributed by atoms with E-state index in [4.69, 9.17) is 4.74 Å². The minimum absolute atomic E-state index is 0.226. The van der Waals surface area contributed by atoms with Gasteiger partial charge in [0, 0.05) is 12.6 Å². The van der Waals surface area contributed by atoms with Crippen LogP contribution in [-0.2, 0) is 4.79 Å². The number of benzene rings is 1. The smallest absolute Gasteiger partial charge is 0.226 e. The molecule has 0 atom stereocenters. The Morgan fingerprint density at radius 2 is 2.04 bits per heavy atom. The van der Waals surface area contributed by atoms with Gasteiger partial charge in [-0.25, -0.2) is 0 Å².